The molecule has 1 N–H and O–H groups in total. The zero-order valence-corrected chi connectivity index (χ0v) is 21.3. The predicted octanol–water partition coefficient (Wildman–Crippen LogP) is 3.01. The summed E-state index contributed by atoms with van der Waals surface area (Å²) >= 11 is 0. The summed E-state index contributed by atoms with van der Waals surface area (Å²) < 4.78 is 34.5. The van der Waals surface area contributed by atoms with Crippen LogP contribution in [0, 0.1) is 0 Å². The van der Waals surface area contributed by atoms with Gasteiger partial charge < -0.3 is 19.5 Å². The van der Waals surface area contributed by atoms with Gasteiger partial charge in [0, 0.05) is 57.4 Å². The number of morpholine rings is 1. The van der Waals surface area contributed by atoms with Crippen molar-refractivity contribution in [1.82, 2.24) is 13.9 Å². The number of nitrogens with one attached hydrogen (secondary N) is 1. The number of aryl methyl sites for hydroxylation is 2. The highest BCUT2D eigenvalue weighted by molar-refractivity contribution is 7.89. The van der Waals surface area contributed by atoms with Crippen molar-refractivity contribution in [3.8, 4) is 0 Å². The fourth-order valence-electron chi connectivity index (χ4n) is 4.38. The summed E-state index contributed by atoms with van der Waals surface area (Å²) in [4.78, 5) is 19.8. The molecule has 0 bridgehead atoms. The molecule has 0 atom stereocenters. The van der Waals surface area contributed by atoms with Gasteiger partial charge in [-0.05, 0) is 36.4 Å². The Kier molecular flexibility index (Phi) is 7.73. The quantitative estimate of drug-likeness (QED) is 0.486. The van der Waals surface area contributed by atoms with E-state index in [-0.39, 0.29) is 17.2 Å². The Morgan fingerprint density at radius 2 is 1.86 bits per heavy atom. The molecule has 2 heterocycles. The lowest BCUT2D eigenvalue weighted by atomic mass is 10.2. The molecule has 0 aliphatic carbocycles. The molecule has 3 aromatic rings. The van der Waals surface area contributed by atoms with Gasteiger partial charge in [0.1, 0.15) is 5.82 Å². The molecule has 1 fully saturated rings. The van der Waals surface area contributed by atoms with E-state index >= 15 is 0 Å². The Morgan fingerprint density at radius 3 is 2.57 bits per heavy atom. The monoisotopic (exact) mass is 499 g/mol. The van der Waals surface area contributed by atoms with Gasteiger partial charge in [-0.3, -0.25) is 4.79 Å². The highest BCUT2D eigenvalue weighted by Gasteiger charge is 2.23. The van der Waals surface area contributed by atoms with Crippen LogP contribution in [0.1, 0.15) is 26.1 Å². The largest absolute Gasteiger partial charge is 0.378 e. The van der Waals surface area contributed by atoms with Crippen molar-refractivity contribution in [2.24, 2.45) is 7.05 Å². The number of aromatic nitrogens is 2. The number of carbonyl (C=O) groups is 1. The number of rotatable bonds is 9. The first-order chi connectivity index (χ1) is 16.8. The van der Waals surface area contributed by atoms with E-state index in [4.69, 9.17) is 4.74 Å². The number of anilines is 2. The van der Waals surface area contributed by atoms with Crippen molar-refractivity contribution in [2.45, 2.75) is 31.6 Å². The van der Waals surface area contributed by atoms with E-state index in [2.05, 4.69) is 15.2 Å². The van der Waals surface area contributed by atoms with E-state index in [1.165, 1.54) is 4.31 Å². The Balaban J connectivity index is 1.43. The molecule has 188 valence electrons. The average molecular weight is 500 g/mol. The number of hydrogen-bond donors (Lipinski definition) is 1. The molecule has 1 saturated heterocycles. The number of sulfonamides is 1. The van der Waals surface area contributed by atoms with Crippen LogP contribution < -0.4 is 10.2 Å². The van der Waals surface area contributed by atoms with Crippen LogP contribution in [-0.2, 0) is 33.0 Å². The van der Waals surface area contributed by atoms with Gasteiger partial charge in [-0.2, -0.15) is 4.31 Å². The third-order valence-electron chi connectivity index (χ3n) is 6.37. The lowest BCUT2D eigenvalue weighted by Gasteiger charge is -2.29. The maximum absolute atomic E-state index is 12.9. The summed E-state index contributed by atoms with van der Waals surface area (Å²) in [5.41, 5.74) is 3.26. The molecular weight excluding hydrogens is 466 g/mol. The van der Waals surface area contributed by atoms with Crippen molar-refractivity contribution in [3.63, 3.8) is 0 Å². The van der Waals surface area contributed by atoms with E-state index in [9.17, 15) is 13.2 Å². The minimum absolute atomic E-state index is 0.0963. The van der Waals surface area contributed by atoms with Gasteiger partial charge in [-0.15, -0.1) is 0 Å². The van der Waals surface area contributed by atoms with Crippen LogP contribution >= 0.6 is 0 Å². The molecule has 1 aliphatic rings. The molecule has 0 radical (unpaired) electrons. The van der Waals surface area contributed by atoms with E-state index in [1.54, 1.807) is 18.2 Å². The first kappa shape index (κ1) is 25.2. The molecule has 4 rings (SSSR count). The van der Waals surface area contributed by atoms with Crippen LogP contribution in [-0.4, -0.2) is 67.6 Å². The summed E-state index contributed by atoms with van der Waals surface area (Å²) in [6.07, 6.45) is 0.710. The van der Waals surface area contributed by atoms with Crippen LogP contribution in [0.5, 0.6) is 0 Å². The molecule has 9 nitrogen and oxygen atoms in total. The molecule has 0 spiro atoms. The van der Waals surface area contributed by atoms with Crippen LogP contribution in [0.2, 0.25) is 0 Å². The zero-order chi connectivity index (χ0) is 25.0. The van der Waals surface area contributed by atoms with Crippen LogP contribution in [0.4, 0.5) is 11.4 Å². The number of benzene rings is 2. The number of ether oxygens (including phenoxy) is 1. The molecular formula is C25H33N5O4S. The second-order valence-electron chi connectivity index (χ2n) is 8.52. The topological polar surface area (TPSA) is 96.8 Å². The number of fused-ring (bicyclic) bond motifs is 1. The molecule has 1 aliphatic heterocycles. The highest BCUT2D eigenvalue weighted by Crippen LogP contribution is 2.24. The maximum Gasteiger partial charge on any atom is 0.243 e. The molecule has 0 unspecified atom stereocenters. The van der Waals surface area contributed by atoms with Crippen LogP contribution in [0.3, 0.4) is 0 Å². The first-order valence-electron chi connectivity index (χ1n) is 12.0. The normalized spacial score (nSPS) is 14.6. The Morgan fingerprint density at radius 1 is 1.11 bits per heavy atom. The summed E-state index contributed by atoms with van der Waals surface area (Å²) in [5, 5.41) is 2.98. The number of hydrogen-bond acceptors (Lipinski definition) is 6. The average Bonchev–Trinajstić information content (AvgIpc) is 3.19. The number of nitrogens with zero attached hydrogens (tertiary/aromatic N) is 4. The van der Waals surface area contributed by atoms with Crippen molar-refractivity contribution < 1.29 is 17.9 Å². The van der Waals surface area contributed by atoms with E-state index in [0.29, 0.717) is 38.2 Å². The second-order valence-corrected chi connectivity index (χ2v) is 10.5. The van der Waals surface area contributed by atoms with Gasteiger partial charge >= 0.3 is 0 Å². The van der Waals surface area contributed by atoms with Gasteiger partial charge in [0.25, 0.3) is 0 Å². The first-order valence-corrected chi connectivity index (χ1v) is 13.5. The van der Waals surface area contributed by atoms with Crippen molar-refractivity contribution in [3.05, 3.63) is 48.3 Å². The third-order valence-corrected chi connectivity index (χ3v) is 8.42. The second kappa shape index (κ2) is 10.8. The molecule has 10 heteroatoms. The van der Waals surface area contributed by atoms with Gasteiger partial charge in [0.2, 0.25) is 15.9 Å². The van der Waals surface area contributed by atoms with E-state index < -0.39 is 10.0 Å². The van der Waals surface area contributed by atoms with Gasteiger partial charge in [0.15, 0.2) is 0 Å². The SMILES string of the molecule is CCN(CC)S(=O)(=O)c1ccc2c(c1)nc(CCC(=O)Nc1cccc(N3CCOCC3)c1)n2C. The zero-order valence-electron chi connectivity index (χ0n) is 20.5. The smallest absolute Gasteiger partial charge is 0.243 e. The highest BCUT2D eigenvalue weighted by atomic mass is 32.2. The molecule has 1 aromatic heterocycles. The molecule has 2 aromatic carbocycles. The lowest BCUT2D eigenvalue weighted by Crippen LogP contribution is -2.36. The summed E-state index contributed by atoms with van der Waals surface area (Å²) in [5.74, 6) is 0.635. The van der Waals surface area contributed by atoms with Crippen molar-refractivity contribution in [1.29, 1.82) is 0 Å². The maximum atomic E-state index is 12.9. The molecule has 1 amide bonds. The summed E-state index contributed by atoms with van der Waals surface area (Å²) in [6.45, 7) is 7.55. The van der Waals surface area contributed by atoms with Crippen molar-refractivity contribution >= 4 is 38.3 Å². The predicted molar refractivity (Wildman–Crippen MR) is 137 cm³/mol. The van der Waals surface area contributed by atoms with Crippen LogP contribution in [0.15, 0.2) is 47.4 Å². The minimum atomic E-state index is -3.56. The molecule has 0 saturated carbocycles. The lowest BCUT2D eigenvalue weighted by molar-refractivity contribution is -0.116. The van der Waals surface area contributed by atoms with Gasteiger partial charge in [-0.25, -0.2) is 13.4 Å². The Bertz CT molecular complexity index is 1290. The minimum Gasteiger partial charge on any atom is -0.378 e. The standard InChI is InChI=1S/C25H33N5O4S/c1-4-30(5-2)35(32,33)21-9-10-23-22(18-21)27-24(28(23)3)11-12-25(31)26-19-7-6-8-20(17-19)29-13-15-34-16-14-29/h6-10,17-18H,4-5,11-16H2,1-3H3,(H,26,31). The van der Waals surface area contributed by atoms with E-state index in [1.807, 2.05) is 49.7 Å². The Hall–Kier alpha value is -2.95. The van der Waals surface area contributed by atoms with E-state index in [0.717, 1.165) is 35.8 Å². The number of amides is 1. The van der Waals surface area contributed by atoms with Gasteiger partial charge in [-0.1, -0.05) is 19.9 Å². The van der Waals surface area contributed by atoms with Gasteiger partial charge in [0.05, 0.1) is 29.1 Å². The summed E-state index contributed by atoms with van der Waals surface area (Å²) in [6, 6.07) is 12.9. The molecule has 35 heavy (non-hydrogen) atoms. The van der Waals surface area contributed by atoms with Crippen LogP contribution in [0.25, 0.3) is 11.0 Å². The number of carbonyl (C=O) groups excluding carboxylic acids is 1. The Labute approximate surface area is 206 Å². The third kappa shape index (κ3) is 5.50. The number of imidazole rings is 1. The fourth-order valence-corrected chi connectivity index (χ4v) is 5.86. The van der Waals surface area contributed by atoms with Crippen molar-refractivity contribution in [2.75, 3.05) is 49.6 Å². The fraction of sp³-hybridized carbons (Fsp3) is 0.440. The summed E-state index contributed by atoms with van der Waals surface area (Å²) in [7, 11) is -1.68.